The zero-order valence-corrected chi connectivity index (χ0v) is 10.6. The average Bonchev–Trinajstić information content (AvgIpc) is 2.33. The molecule has 86 valence electrons. The van der Waals surface area contributed by atoms with Gasteiger partial charge in [-0.15, -0.1) is 0 Å². The van der Waals surface area contributed by atoms with Crippen molar-refractivity contribution in [1.82, 2.24) is 0 Å². The monoisotopic (exact) mass is 283 g/mol. The maximum absolute atomic E-state index is 13.4. The van der Waals surface area contributed by atoms with Crippen LogP contribution in [0.5, 0.6) is 0 Å². The zero-order valence-electron chi connectivity index (χ0n) is 9.05. The minimum Gasteiger partial charge on any atom is -0.321 e. The Morgan fingerprint density at radius 2 is 2.12 bits per heavy atom. The largest absolute Gasteiger partial charge is 0.321 e. The van der Waals surface area contributed by atoms with Crippen molar-refractivity contribution in [3.8, 4) is 0 Å². The lowest BCUT2D eigenvalue weighted by Crippen LogP contribution is -2.15. The fourth-order valence-corrected chi connectivity index (χ4v) is 2.62. The standard InChI is InChI=1S/C13H15BrFN/c14-12-10(7-4-8-11(12)15)13(16)9-5-2-1-3-6-9/h4-5,7-8,13H,1-3,6,16H2. The van der Waals surface area contributed by atoms with Crippen molar-refractivity contribution in [1.29, 1.82) is 0 Å². The van der Waals surface area contributed by atoms with E-state index in [-0.39, 0.29) is 11.9 Å². The Labute approximate surface area is 104 Å². The quantitative estimate of drug-likeness (QED) is 0.813. The molecule has 0 fully saturated rings. The van der Waals surface area contributed by atoms with Gasteiger partial charge in [0.05, 0.1) is 10.5 Å². The second-order valence-corrected chi connectivity index (χ2v) is 4.94. The van der Waals surface area contributed by atoms with Crippen LogP contribution in [-0.2, 0) is 0 Å². The molecule has 1 aromatic carbocycles. The first kappa shape index (κ1) is 11.8. The Bertz CT molecular complexity index is 414. The summed E-state index contributed by atoms with van der Waals surface area (Å²) < 4.78 is 13.9. The first-order valence-electron chi connectivity index (χ1n) is 5.58. The Morgan fingerprint density at radius 3 is 2.81 bits per heavy atom. The highest BCUT2D eigenvalue weighted by Gasteiger charge is 2.17. The van der Waals surface area contributed by atoms with Crippen LogP contribution in [0.1, 0.15) is 37.3 Å². The number of hydrogen-bond acceptors (Lipinski definition) is 1. The predicted molar refractivity (Wildman–Crippen MR) is 67.6 cm³/mol. The Balaban J connectivity index is 2.29. The topological polar surface area (TPSA) is 26.0 Å². The van der Waals surface area contributed by atoms with Crippen LogP contribution in [0.3, 0.4) is 0 Å². The summed E-state index contributed by atoms with van der Waals surface area (Å²) in [6.07, 6.45) is 6.75. The lowest BCUT2D eigenvalue weighted by atomic mass is 9.90. The van der Waals surface area contributed by atoms with E-state index in [4.69, 9.17) is 5.73 Å². The molecule has 0 spiro atoms. The van der Waals surface area contributed by atoms with E-state index in [1.165, 1.54) is 24.5 Å². The fraction of sp³-hybridized carbons (Fsp3) is 0.385. The highest BCUT2D eigenvalue weighted by molar-refractivity contribution is 9.10. The van der Waals surface area contributed by atoms with Crippen LogP contribution in [0.4, 0.5) is 4.39 Å². The molecule has 1 aliphatic rings. The molecule has 0 heterocycles. The molecule has 1 unspecified atom stereocenters. The van der Waals surface area contributed by atoms with Gasteiger partial charge in [-0.25, -0.2) is 4.39 Å². The van der Waals surface area contributed by atoms with Gasteiger partial charge in [-0.2, -0.15) is 0 Å². The molecule has 16 heavy (non-hydrogen) atoms. The van der Waals surface area contributed by atoms with Crippen molar-refractivity contribution in [2.24, 2.45) is 5.73 Å². The molecule has 1 aliphatic carbocycles. The molecule has 3 heteroatoms. The van der Waals surface area contributed by atoms with E-state index in [0.29, 0.717) is 4.47 Å². The molecule has 0 amide bonds. The molecular weight excluding hydrogens is 269 g/mol. The SMILES string of the molecule is NC(C1=CCCCC1)c1cccc(F)c1Br. The smallest absolute Gasteiger partial charge is 0.137 e. The van der Waals surface area contributed by atoms with Crippen LogP contribution in [0.2, 0.25) is 0 Å². The summed E-state index contributed by atoms with van der Waals surface area (Å²) in [6.45, 7) is 0. The van der Waals surface area contributed by atoms with Crippen LogP contribution in [0.15, 0.2) is 34.3 Å². The first-order chi connectivity index (χ1) is 7.70. The third-order valence-electron chi connectivity index (χ3n) is 3.04. The third kappa shape index (κ3) is 2.36. The van der Waals surface area contributed by atoms with Crippen molar-refractivity contribution < 1.29 is 4.39 Å². The van der Waals surface area contributed by atoms with E-state index in [9.17, 15) is 4.39 Å². The molecule has 1 nitrogen and oxygen atoms in total. The number of benzene rings is 1. The van der Waals surface area contributed by atoms with E-state index in [1.807, 2.05) is 6.07 Å². The maximum atomic E-state index is 13.4. The third-order valence-corrected chi connectivity index (χ3v) is 3.88. The molecule has 0 bridgehead atoms. The highest BCUT2D eigenvalue weighted by atomic mass is 79.9. The molecule has 0 aliphatic heterocycles. The van der Waals surface area contributed by atoms with Crippen LogP contribution in [0, 0.1) is 5.82 Å². The van der Waals surface area contributed by atoms with E-state index in [1.54, 1.807) is 6.07 Å². The van der Waals surface area contributed by atoms with E-state index >= 15 is 0 Å². The fourth-order valence-electron chi connectivity index (χ4n) is 2.11. The van der Waals surface area contributed by atoms with Crippen LogP contribution in [-0.4, -0.2) is 0 Å². The summed E-state index contributed by atoms with van der Waals surface area (Å²) in [5, 5.41) is 0. The number of hydrogen-bond donors (Lipinski definition) is 1. The molecule has 2 rings (SSSR count). The molecule has 0 radical (unpaired) electrons. The van der Waals surface area contributed by atoms with Gasteiger partial charge >= 0.3 is 0 Å². The maximum Gasteiger partial charge on any atom is 0.137 e. The van der Waals surface area contributed by atoms with Gasteiger partial charge in [0, 0.05) is 0 Å². The van der Waals surface area contributed by atoms with Gasteiger partial charge in [0.1, 0.15) is 5.82 Å². The molecule has 2 N–H and O–H groups in total. The molecule has 0 saturated heterocycles. The summed E-state index contributed by atoms with van der Waals surface area (Å²) in [4.78, 5) is 0. The number of halogens is 2. The second-order valence-electron chi connectivity index (χ2n) is 4.15. The minimum atomic E-state index is -0.246. The van der Waals surface area contributed by atoms with Crippen LogP contribution in [0.25, 0.3) is 0 Å². The second kappa shape index (κ2) is 5.11. The Kier molecular flexibility index (Phi) is 3.77. The first-order valence-corrected chi connectivity index (χ1v) is 6.38. The van der Waals surface area contributed by atoms with Gasteiger partial charge in [0.2, 0.25) is 0 Å². The average molecular weight is 284 g/mol. The zero-order chi connectivity index (χ0) is 11.5. The lowest BCUT2D eigenvalue weighted by molar-refractivity contribution is 0.609. The number of nitrogens with two attached hydrogens (primary N) is 1. The van der Waals surface area contributed by atoms with Gasteiger partial charge in [-0.05, 0) is 53.2 Å². The van der Waals surface area contributed by atoms with E-state index in [0.717, 1.165) is 18.4 Å². The minimum absolute atomic E-state index is 0.176. The van der Waals surface area contributed by atoms with Crippen LogP contribution >= 0.6 is 15.9 Å². The summed E-state index contributed by atoms with van der Waals surface area (Å²) in [6, 6.07) is 4.85. The van der Waals surface area contributed by atoms with E-state index in [2.05, 4.69) is 22.0 Å². The number of rotatable bonds is 2. The predicted octanol–water partition coefficient (Wildman–Crippen LogP) is 4.09. The summed E-state index contributed by atoms with van der Waals surface area (Å²) in [5.74, 6) is -0.246. The van der Waals surface area contributed by atoms with Gasteiger partial charge in [-0.1, -0.05) is 23.8 Å². The van der Waals surface area contributed by atoms with Crippen LogP contribution < -0.4 is 5.73 Å². The van der Waals surface area contributed by atoms with Gasteiger partial charge in [0.15, 0.2) is 0 Å². The van der Waals surface area contributed by atoms with Crippen molar-refractivity contribution in [3.63, 3.8) is 0 Å². The highest BCUT2D eigenvalue weighted by Crippen LogP contribution is 2.32. The van der Waals surface area contributed by atoms with Gasteiger partial charge in [-0.3, -0.25) is 0 Å². The normalized spacial score (nSPS) is 18.1. The Hall–Kier alpha value is -0.670. The van der Waals surface area contributed by atoms with Gasteiger partial charge in [0.25, 0.3) is 0 Å². The van der Waals surface area contributed by atoms with Crippen molar-refractivity contribution in [3.05, 3.63) is 45.7 Å². The number of allylic oxidation sites excluding steroid dienone is 1. The molecular formula is C13H15BrFN. The van der Waals surface area contributed by atoms with Crippen molar-refractivity contribution in [2.45, 2.75) is 31.7 Å². The molecule has 0 aromatic heterocycles. The summed E-state index contributed by atoms with van der Waals surface area (Å²) in [7, 11) is 0. The van der Waals surface area contributed by atoms with Crippen molar-refractivity contribution in [2.75, 3.05) is 0 Å². The lowest BCUT2D eigenvalue weighted by Gasteiger charge is -2.21. The van der Waals surface area contributed by atoms with Gasteiger partial charge < -0.3 is 5.73 Å². The molecule has 1 aromatic rings. The molecule has 0 saturated carbocycles. The van der Waals surface area contributed by atoms with Crippen molar-refractivity contribution >= 4 is 15.9 Å². The summed E-state index contributed by atoms with van der Waals surface area (Å²) in [5.41, 5.74) is 8.25. The molecule has 1 atom stereocenters. The summed E-state index contributed by atoms with van der Waals surface area (Å²) >= 11 is 3.27. The van der Waals surface area contributed by atoms with E-state index < -0.39 is 0 Å². The Morgan fingerprint density at radius 1 is 1.31 bits per heavy atom.